The van der Waals surface area contributed by atoms with Gasteiger partial charge in [0.2, 0.25) is 5.95 Å². The lowest BCUT2D eigenvalue weighted by Gasteiger charge is -2.21. The van der Waals surface area contributed by atoms with Gasteiger partial charge in [0.1, 0.15) is 0 Å². The van der Waals surface area contributed by atoms with Crippen LogP contribution in [0.5, 0.6) is 0 Å². The molecule has 11 nitrogen and oxygen atoms in total. The summed E-state index contributed by atoms with van der Waals surface area (Å²) in [5.41, 5.74) is 0.707. The molecule has 0 spiro atoms. The van der Waals surface area contributed by atoms with Crippen LogP contribution in [0.15, 0.2) is 6.33 Å². The van der Waals surface area contributed by atoms with E-state index in [9.17, 15) is 17.9 Å². The SMILES string of the molecule is CC[C@H](Nc1nc(N[C@H]2CCN(S(=O)(=O)NC)C2)c2ncn(CF)c2n1)[C@@H](C)O. The summed E-state index contributed by atoms with van der Waals surface area (Å²) >= 11 is 0. The monoisotopic (exact) mass is 430 g/mol. The highest BCUT2D eigenvalue weighted by atomic mass is 32.2. The number of nitrogens with zero attached hydrogens (tertiary/aromatic N) is 5. The van der Waals surface area contributed by atoms with Crippen molar-refractivity contribution < 1.29 is 17.9 Å². The molecule has 4 N–H and O–H groups in total. The summed E-state index contributed by atoms with van der Waals surface area (Å²) in [5.74, 6) is 0.625. The standard InChI is InChI=1S/C16H27FN8O3S/c1-4-12(10(2)26)21-16-22-14(13-15(23-16)24(8-17)9-19-13)20-11-5-6-25(7-11)29(27,28)18-3/h9-12,18,26H,4-8H2,1-3H3,(H2,20,21,22,23)/t10-,11+,12+/m1/s1. The van der Waals surface area contributed by atoms with Gasteiger partial charge in [-0.3, -0.25) is 4.57 Å². The molecule has 3 atom stereocenters. The van der Waals surface area contributed by atoms with Crippen molar-refractivity contribution in [2.75, 3.05) is 30.8 Å². The molecule has 1 aliphatic heterocycles. The predicted molar refractivity (Wildman–Crippen MR) is 107 cm³/mol. The first-order valence-electron chi connectivity index (χ1n) is 9.47. The maximum Gasteiger partial charge on any atom is 0.279 e. The lowest BCUT2D eigenvalue weighted by atomic mass is 10.1. The molecule has 0 saturated carbocycles. The smallest absolute Gasteiger partial charge is 0.279 e. The first-order chi connectivity index (χ1) is 13.8. The van der Waals surface area contributed by atoms with Crippen molar-refractivity contribution in [2.45, 2.75) is 51.7 Å². The van der Waals surface area contributed by atoms with E-state index in [0.29, 0.717) is 36.4 Å². The maximum atomic E-state index is 13.3. The zero-order valence-electron chi connectivity index (χ0n) is 16.6. The van der Waals surface area contributed by atoms with Crippen molar-refractivity contribution in [1.29, 1.82) is 0 Å². The Balaban J connectivity index is 1.89. The van der Waals surface area contributed by atoms with Gasteiger partial charge in [-0.25, -0.2) is 14.1 Å². The zero-order chi connectivity index (χ0) is 21.2. The Hall–Kier alpha value is -2.09. The number of rotatable bonds is 9. The third-order valence-corrected chi connectivity index (χ3v) is 6.55. The minimum absolute atomic E-state index is 0.182. The quantitative estimate of drug-likeness (QED) is 0.445. The molecule has 2 aromatic rings. The molecule has 1 fully saturated rings. The minimum Gasteiger partial charge on any atom is -0.391 e. The van der Waals surface area contributed by atoms with Crippen LogP contribution in [0, 0.1) is 0 Å². The van der Waals surface area contributed by atoms with E-state index in [2.05, 4.69) is 30.3 Å². The number of fused-ring (bicyclic) bond motifs is 1. The third kappa shape index (κ3) is 4.57. The summed E-state index contributed by atoms with van der Waals surface area (Å²) in [7, 11) is -2.13. The number of aromatic nitrogens is 4. The molecular formula is C16H27FN8O3S. The van der Waals surface area contributed by atoms with Crippen molar-refractivity contribution in [3.8, 4) is 0 Å². The van der Waals surface area contributed by atoms with Gasteiger partial charge in [0.15, 0.2) is 23.8 Å². The number of aliphatic hydroxyl groups is 1. The first kappa shape index (κ1) is 21.6. The van der Waals surface area contributed by atoms with E-state index >= 15 is 0 Å². The van der Waals surface area contributed by atoms with Crippen molar-refractivity contribution in [3.63, 3.8) is 0 Å². The Labute approximate surface area is 168 Å². The number of anilines is 2. The molecule has 1 aliphatic rings. The molecule has 13 heteroatoms. The van der Waals surface area contributed by atoms with Crippen LogP contribution in [0.3, 0.4) is 0 Å². The fourth-order valence-corrected chi connectivity index (χ4v) is 4.29. The van der Waals surface area contributed by atoms with E-state index in [1.54, 1.807) is 6.92 Å². The molecule has 3 heterocycles. The first-order valence-corrected chi connectivity index (χ1v) is 10.9. The van der Waals surface area contributed by atoms with Gasteiger partial charge in [0, 0.05) is 26.2 Å². The molecule has 0 aliphatic carbocycles. The predicted octanol–water partition coefficient (Wildman–Crippen LogP) is 0.275. The maximum absolute atomic E-state index is 13.3. The molecule has 0 radical (unpaired) electrons. The molecule has 1 saturated heterocycles. The van der Waals surface area contributed by atoms with Gasteiger partial charge < -0.3 is 15.7 Å². The Morgan fingerprint density at radius 3 is 2.79 bits per heavy atom. The molecule has 2 aromatic heterocycles. The van der Waals surface area contributed by atoms with Gasteiger partial charge in [0.05, 0.1) is 18.5 Å². The summed E-state index contributed by atoms with van der Waals surface area (Å²) in [5, 5.41) is 16.2. The van der Waals surface area contributed by atoms with Gasteiger partial charge in [-0.05, 0) is 19.8 Å². The van der Waals surface area contributed by atoms with E-state index in [1.807, 2.05) is 6.92 Å². The largest absolute Gasteiger partial charge is 0.391 e. The van der Waals surface area contributed by atoms with Crippen LogP contribution < -0.4 is 15.4 Å². The highest BCUT2D eigenvalue weighted by Gasteiger charge is 2.31. The topological polar surface area (TPSA) is 137 Å². The number of halogens is 1. The van der Waals surface area contributed by atoms with Crippen LogP contribution in [0.2, 0.25) is 0 Å². The van der Waals surface area contributed by atoms with E-state index < -0.39 is 23.1 Å². The highest BCUT2D eigenvalue weighted by Crippen LogP contribution is 2.25. The molecule has 0 aromatic carbocycles. The number of hydrogen-bond acceptors (Lipinski definition) is 8. The van der Waals surface area contributed by atoms with Gasteiger partial charge in [-0.2, -0.15) is 22.7 Å². The van der Waals surface area contributed by atoms with Crippen LogP contribution in [0.25, 0.3) is 11.2 Å². The fraction of sp³-hybridized carbons (Fsp3) is 0.688. The lowest BCUT2D eigenvalue weighted by molar-refractivity contribution is 0.169. The molecule has 162 valence electrons. The Bertz CT molecular complexity index is 951. The van der Waals surface area contributed by atoms with Gasteiger partial charge in [-0.1, -0.05) is 6.92 Å². The summed E-state index contributed by atoms with van der Waals surface area (Å²) < 4.78 is 42.2. The van der Waals surface area contributed by atoms with Gasteiger partial charge in [0.25, 0.3) is 10.2 Å². The normalized spacial score (nSPS) is 20.1. The molecule has 0 bridgehead atoms. The summed E-state index contributed by atoms with van der Waals surface area (Å²) in [4.78, 5) is 13.0. The van der Waals surface area contributed by atoms with E-state index in [-0.39, 0.29) is 24.6 Å². The van der Waals surface area contributed by atoms with Crippen molar-refractivity contribution in [1.82, 2.24) is 28.5 Å². The third-order valence-electron chi connectivity index (χ3n) is 5.02. The van der Waals surface area contributed by atoms with Crippen molar-refractivity contribution in [3.05, 3.63) is 6.33 Å². The van der Waals surface area contributed by atoms with Crippen LogP contribution in [0.4, 0.5) is 16.2 Å². The van der Waals surface area contributed by atoms with Crippen LogP contribution in [0.1, 0.15) is 26.7 Å². The Morgan fingerprint density at radius 1 is 1.41 bits per heavy atom. The highest BCUT2D eigenvalue weighted by molar-refractivity contribution is 7.87. The van der Waals surface area contributed by atoms with E-state index in [0.717, 1.165) is 0 Å². The number of alkyl halides is 1. The molecule has 3 rings (SSSR count). The second-order valence-corrected chi connectivity index (χ2v) is 8.87. The average molecular weight is 431 g/mol. The van der Waals surface area contributed by atoms with Crippen LogP contribution >= 0.6 is 0 Å². The second kappa shape index (κ2) is 8.73. The zero-order valence-corrected chi connectivity index (χ0v) is 17.4. The van der Waals surface area contributed by atoms with Crippen molar-refractivity contribution in [2.24, 2.45) is 0 Å². The molecule has 0 unspecified atom stereocenters. The summed E-state index contributed by atoms with van der Waals surface area (Å²) in [6.45, 7) is 3.44. The van der Waals surface area contributed by atoms with E-state index in [1.165, 1.54) is 22.2 Å². The lowest BCUT2D eigenvalue weighted by Crippen LogP contribution is -2.38. The number of hydrogen-bond donors (Lipinski definition) is 4. The summed E-state index contributed by atoms with van der Waals surface area (Å²) in [6, 6.07) is -0.455. The second-order valence-electron chi connectivity index (χ2n) is 7.00. The Morgan fingerprint density at radius 2 is 2.17 bits per heavy atom. The van der Waals surface area contributed by atoms with Crippen LogP contribution in [-0.4, -0.2) is 75.7 Å². The number of nitrogens with one attached hydrogen (secondary N) is 3. The van der Waals surface area contributed by atoms with Crippen molar-refractivity contribution >= 4 is 33.1 Å². The number of aliphatic hydroxyl groups excluding tert-OH is 1. The van der Waals surface area contributed by atoms with Crippen LogP contribution in [-0.2, 0) is 17.0 Å². The molecule has 29 heavy (non-hydrogen) atoms. The van der Waals surface area contributed by atoms with E-state index in [4.69, 9.17) is 0 Å². The summed E-state index contributed by atoms with van der Waals surface area (Å²) in [6.07, 6.45) is 1.94. The Kier molecular flexibility index (Phi) is 6.51. The minimum atomic E-state index is -3.50. The number of imidazole rings is 1. The fourth-order valence-electron chi connectivity index (χ4n) is 3.31. The van der Waals surface area contributed by atoms with Gasteiger partial charge in [-0.15, -0.1) is 0 Å². The average Bonchev–Trinajstić information content (AvgIpc) is 3.33. The molecular weight excluding hydrogens is 403 g/mol. The molecule has 0 amide bonds. The van der Waals surface area contributed by atoms with Gasteiger partial charge >= 0.3 is 0 Å².